The lowest BCUT2D eigenvalue weighted by molar-refractivity contribution is -0.385. The molecule has 122 valence electrons. The number of nitro groups is 1. The minimum absolute atomic E-state index is 0.00315. The van der Waals surface area contributed by atoms with E-state index in [-0.39, 0.29) is 24.3 Å². The number of hydrogen-bond donors (Lipinski definition) is 1. The van der Waals surface area contributed by atoms with E-state index >= 15 is 0 Å². The second kappa shape index (κ2) is 6.28. The van der Waals surface area contributed by atoms with Crippen molar-refractivity contribution in [3.63, 3.8) is 0 Å². The Labute approximate surface area is 140 Å². The third kappa shape index (κ3) is 3.35. The zero-order valence-electron chi connectivity index (χ0n) is 13.5. The van der Waals surface area contributed by atoms with Gasteiger partial charge in [0.2, 0.25) is 0 Å². The topological polar surface area (TPSA) is 72.2 Å². The summed E-state index contributed by atoms with van der Waals surface area (Å²) in [6, 6.07) is 10.7. The molecule has 0 spiro atoms. The van der Waals surface area contributed by atoms with Crippen LogP contribution >= 0.6 is 0 Å². The SMILES string of the molecule is C=C1Cc2cc(CC(=O)Cc3cc(C)ccc3[N+](=O)[O-])ccc2N1. The average molecular weight is 322 g/mol. The van der Waals surface area contributed by atoms with E-state index < -0.39 is 4.92 Å². The fourth-order valence-corrected chi connectivity index (χ4v) is 3.03. The molecule has 0 amide bonds. The molecule has 1 heterocycles. The number of allylic oxidation sites excluding steroid dienone is 1. The highest BCUT2D eigenvalue weighted by Crippen LogP contribution is 2.28. The average Bonchev–Trinajstić information content (AvgIpc) is 2.86. The molecule has 0 atom stereocenters. The molecule has 1 N–H and O–H groups in total. The highest BCUT2D eigenvalue weighted by molar-refractivity contribution is 5.84. The van der Waals surface area contributed by atoms with Crippen LogP contribution in [0.1, 0.15) is 22.3 Å². The number of ketones is 1. The number of carbonyl (C=O) groups is 1. The predicted molar refractivity (Wildman–Crippen MR) is 93.2 cm³/mol. The Morgan fingerprint density at radius 3 is 2.79 bits per heavy atom. The van der Waals surface area contributed by atoms with Gasteiger partial charge in [-0.05, 0) is 30.2 Å². The summed E-state index contributed by atoms with van der Waals surface area (Å²) in [5.41, 5.74) is 5.42. The first kappa shape index (κ1) is 15.9. The number of aryl methyl sites for hydroxylation is 1. The van der Waals surface area contributed by atoms with Crippen LogP contribution in [0.15, 0.2) is 48.7 Å². The van der Waals surface area contributed by atoms with Gasteiger partial charge in [0.25, 0.3) is 5.69 Å². The Morgan fingerprint density at radius 1 is 1.25 bits per heavy atom. The fraction of sp³-hybridized carbons (Fsp3) is 0.211. The van der Waals surface area contributed by atoms with Gasteiger partial charge < -0.3 is 5.32 Å². The summed E-state index contributed by atoms with van der Waals surface area (Å²) in [6.45, 7) is 5.77. The maximum absolute atomic E-state index is 12.4. The van der Waals surface area contributed by atoms with Crippen molar-refractivity contribution in [3.8, 4) is 0 Å². The van der Waals surface area contributed by atoms with Gasteiger partial charge >= 0.3 is 0 Å². The monoisotopic (exact) mass is 322 g/mol. The number of Topliss-reactive ketones (excluding diaryl/α,β-unsaturated/α-hetero) is 1. The highest BCUT2D eigenvalue weighted by Gasteiger charge is 2.18. The van der Waals surface area contributed by atoms with Gasteiger partial charge in [-0.2, -0.15) is 0 Å². The van der Waals surface area contributed by atoms with Gasteiger partial charge in [-0.15, -0.1) is 0 Å². The molecule has 0 aliphatic carbocycles. The Morgan fingerprint density at radius 2 is 2.04 bits per heavy atom. The number of nitrogens with zero attached hydrogens (tertiary/aromatic N) is 1. The third-order valence-electron chi connectivity index (χ3n) is 4.11. The summed E-state index contributed by atoms with van der Waals surface area (Å²) < 4.78 is 0. The molecule has 1 aliphatic heterocycles. The van der Waals surface area contributed by atoms with Crippen LogP contribution in [0.5, 0.6) is 0 Å². The van der Waals surface area contributed by atoms with E-state index in [9.17, 15) is 14.9 Å². The van der Waals surface area contributed by atoms with Gasteiger partial charge in [-0.3, -0.25) is 14.9 Å². The maximum Gasteiger partial charge on any atom is 0.273 e. The van der Waals surface area contributed by atoms with Gasteiger partial charge in [0.15, 0.2) is 0 Å². The van der Waals surface area contributed by atoms with Crippen LogP contribution in [0.4, 0.5) is 11.4 Å². The van der Waals surface area contributed by atoms with Crippen LogP contribution in [0, 0.1) is 17.0 Å². The molecule has 3 rings (SSSR count). The Balaban J connectivity index is 1.75. The minimum atomic E-state index is -0.436. The number of hydrogen-bond acceptors (Lipinski definition) is 4. The summed E-state index contributed by atoms with van der Waals surface area (Å²) >= 11 is 0. The van der Waals surface area contributed by atoms with Crippen LogP contribution in [-0.4, -0.2) is 10.7 Å². The van der Waals surface area contributed by atoms with Crippen molar-refractivity contribution in [2.45, 2.75) is 26.2 Å². The summed E-state index contributed by atoms with van der Waals surface area (Å²) in [7, 11) is 0. The lowest BCUT2D eigenvalue weighted by Gasteiger charge is -2.06. The second-order valence-electron chi connectivity index (χ2n) is 6.18. The Hall–Kier alpha value is -2.95. The van der Waals surface area contributed by atoms with Gasteiger partial charge in [0.05, 0.1) is 4.92 Å². The molecule has 5 nitrogen and oxygen atoms in total. The van der Waals surface area contributed by atoms with Crippen molar-refractivity contribution in [2.24, 2.45) is 0 Å². The predicted octanol–water partition coefficient (Wildman–Crippen LogP) is 3.74. The molecule has 0 bridgehead atoms. The summed E-state index contributed by atoms with van der Waals surface area (Å²) in [5.74, 6) is -0.0339. The van der Waals surface area contributed by atoms with Gasteiger partial charge in [0.1, 0.15) is 5.78 Å². The van der Waals surface area contributed by atoms with Crippen molar-refractivity contribution in [2.75, 3.05) is 5.32 Å². The molecule has 2 aromatic carbocycles. The molecule has 24 heavy (non-hydrogen) atoms. The van der Waals surface area contributed by atoms with Crippen molar-refractivity contribution in [1.82, 2.24) is 0 Å². The molecule has 0 unspecified atom stereocenters. The first-order valence-electron chi connectivity index (χ1n) is 7.74. The zero-order chi connectivity index (χ0) is 17.3. The van der Waals surface area contributed by atoms with Crippen molar-refractivity contribution in [1.29, 1.82) is 0 Å². The molecule has 0 saturated heterocycles. The number of nitro benzene ring substituents is 1. The van der Waals surface area contributed by atoms with Gasteiger partial charge in [0, 0.05) is 42.3 Å². The summed E-state index contributed by atoms with van der Waals surface area (Å²) in [6.07, 6.45) is 1.10. The Bertz CT molecular complexity index is 856. The zero-order valence-corrected chi connectivity index (χ0v) is 13.5. The molecule has 0 fully saturated rings. The lowest BCUT2D eigenvalue weighted by atomic mass is 9.98. The number of fused-ring (bicyclic) bond motifs is 1. The van der Waals surface area contributed by atoms with Crippen molar-refractivity contribution >= 4 is 17.2 Å². The molecule has 0 aromatic heterocycles. The summed E-state index contributed by atoms with van der Waals surface area (Å²) in [5, 5.41) is 14.3. The van der Waals surface area contributed by atoms with Crippen molar-refractivity contribution in [3.05, 3.63) is 81.0 Å². The summed E-state index contributed by atoms with van der Waals surface area (Å²) in [4.78, 5) is 23.1. The molecule has 0 radical (unpaired) electrons. The fourth-order valence-electron chi connectivity index (χ4n) is 3.03. The quantitative estimate of drug-likeness (QED) is 0.672. The first-order valence-corrected chi connectivity index (χ1v) is 7.74. The lowest BCUT2D eigenvalue weighted by Crippen LogP contribution is -2.09. The van der Waals surface area contributed by atoms with E-state index in [0.717, 1.165) is 34.5 Å². The highest BCUT2D eigenvalue weighted by atomic mass is 16.6. The van der Waals surface area contributed by atoms with Gasteiger partial charge in [-0.1, -0.05) is 30.3 Å². The van der Waals surface area contributed by atoms with E-state index in [4.69, 9.17) is 0 Å². The van der Waals surface area contributed by atoms with E-state index in [1.54, 1.807) is 12.1 Å². The third-order valence-corrected chi connectivity index (χ3v) is 4.11. The first-order chi connectivity index (χ1) is 11.4. The number of nitrogens with one attached hydrogen (secondary N) is 1. The molecular weight excluding hydrogens is 304 g/mol. The molecule has 0 saturated carbocycles. The van der Waals surface area contributed by atoms with Gasteiger partial charge in [-0.25, -0.2) is 0 Å². The van der Waals surface area contributed by atoms with E-state index in [2.05, 4.69) is 11.9 Å². The standard InChI is InChI=1S/C19H18N2O3/c1-12-3-6-19(21(23)24)16(7-12)11-17(22)10-14-4-5-18-15(9-14)8-13(2)20-18/h3-7,9,20H,2,8,10-11H2,1H3. The smallest absolute Gasteiger partial charge is 0.273 e. The second-order valence-corrected chi connectivity index (χ2v) is 6.18. The molecule has 1 aliphatic rings. The van der Waals surface area contributed by atoms with Crippen LogP contribution in [-0.2, 0) is 24.1 Å². The number of carbonyl (C=O) groups excluding carboxylic acids is 1. The molecule has 2 aromatic rings. The number of anilines is 1. The minimum Gasteiger partial charge on any atom is -0.359 e. The largest absolute Gasteiger partial charge is 0.359 e. The van der Waals surface area contributed by atoms with Crippen molar-refractivity contribution < 1.29 is 9.72 Å². The van der Waals surface area contributed by atoms with E-state index in [1.165, 1.54) is 6.07 Å². The van der Waals surface area contributed by atoms with E-state index in [1.807, 2.05) is 25.1 Å². The molecular formula is C19H18N2O3. The van der Waals surface area contributed by atoms with Crippen LogP contribution < -0.4 is 5.32 Å². The number of benzene rings is 2. The van der Waals surface area contributed by atoms with Crippen LogP contribution in [0.2, 0.25) is 0 Å². The van der Waals surface area contributed by atoms with E-state index in [0.29, 0.717) is 5.56 Å². The maximum atomic E-state index is 12.4. The molecule has 5 heteroatoms. The Kier molecular flexibility index (Phi) is 4.16. The number of rotatable bonds is 5. The van der Waals surface area contributed by atoms with Crippen LogP contribution in [0.3, 0.4) is 0 Å². The normalized spacial score (nSPS) is 12.6. The van der Waals surface area contributed by atoms with Crippen LogP contribution in [0.25, 0.3) is 0 Å².